The molecule has 0 fully saturated rings. The van der Waals surface area contributed by atoms with Crippen LogP contribution < -0.4 is 0 Å². The Kier molecular flexibility index (Phi) is 94.6. The second-order valence-electron chi connectivity index (χ2n) is 0. The minimum atomic E-state index is 0. The predicted molar refractivity (Wildman–Crippen MR) is 17.3 cm³/mol. The van der Waals surface area contributed by atoms with E-state index in [2.05, 4.69) is 0 Å². The first-order valence-electron chi connectivity index (χ1n) is 0. The van der Waals surface area contributed by atoms with Crippen molar-refractivity contribution >= 4 is 77.5 Å². The molecule has 0 nitrogen and oxygen atoms in total. The van der Waals surface area contributed by atoms with Gasteiger partial charge in [-0.25, -0.2) is 0 Å². The van der Waals surface area contributed by atoms with Gasteiger partial charge in [0.25, 0.3) is 0 Å². The van der Waals surface area contributed by atoms with Crippen molar-refractivity contribution in [3.63, 3.8) is 0 Å². The van der Waals surface area contributed by atoms with Gasteiger partial charge in [-0.05, 0) is 0 Å². The van der Waals surface area contributed by atoms with E-state index in [0.29, 0.717) is 0 Å². The van der Waals surface area contributed by atoms with Gasteiger partial charge in [0.15, 0.2) is 0 Å². The van der Waals surface area contributed by atoms with Crippen LogP contribution in [0.1, 0.15) is 0 Å². The molecule has 0 aliphatic rings. The van der Waals surface area contributed by atoms with Gasteiger partial charge in [-0.1, -0.05) is 0 Å². The quantitative estimate of drug-likeness (QED) is 0.398. The summed E-state index contributed by atoms with van der Waals surface area (Å²) in [6.07, 6.45) is 0. The molecule has 0 amide bonds. The van der Waals surface area contributed by atoms with Gasteiger partial charge >= 0.3 is 0 Å². The first-order chi connectivity index (χ1) is 0. The van der Waals surface area contributed by atoms with E-state index in [-0.39, 0.29) is 127 Å². The van der Waals surface area contributed by atoms with Crippen molar-refractivity contribution in [3.8, 4) is 0 Å². The predicted octanol–water partition coefficient (Wildman–Crippen LogP) is -1.14. The molecule has 4 heavy (non-hydrogen) atoms. The van der Waals surface area contributed by atoms with Crippen molar-refractivity contribution in [1.82, 2.24) is 0 Å². The molecule has 0 spiro atoms. The van der Waals surface area contributed by atoms with Crippen LogP contribution in [0.2, 0.25) is 0 Å². The normalized spacial score (nSPS) is 0. The molecule has 0 saturated carbocycles. The molecule has 0 atom stereocenters. The second-order valence-corrected chi connectivity index (χ2v) is 0. The molecule has 0 aromatic carbocycles. The van der Waals surface area contributed by atoms with Crippen molar-refractivity contribution in [2.24, 2.45) is 0 Å². The fourth-order valence-corrected chi connectivity index (χ4v) is 0. The van der Waals surface area contributed by atoms with Gasteiger partial charge in [-0.2, -0.15) is 0 Å². The van der Waals surface area contributed by atoms with Crippen LogP contribution in [0, 0.1) is 49.4 Å². The molecular weight excluding hydrogens is 496 g/mol. The zero-order chi connectivity index (χ0) is 0. The van der Waals surface area contributed by atoms with E-state index in [9.17, 15) is 0 Å². The van der Waals surface area contributed by atoms with E-state index >= 15 is 0 Å². The maximum atomic E-state index is 0. The van der Waals surface area contributed by atoms with Crippen LogP contribution in [0.15, 0.2) is 0 Å². The molecule has 0 rings (SSSR count). The van der Waals surface area contributed by atoms with Crippen LogP contribution in [0.3, 0.4) is 0 Å². The van der Waals surface area contributed by atoms with Crippen molar-refractivity contribution in [2.75, 3.05) is 0 Å². The molecule has 0 aromatic rings. The molecule has 16 valence electrons. The summed E-state index contributed by atoms with van der Waals surface area (Å²) in [7, 11) is 0. The summed E-state index contributed by atoms with van der Waals surface area (Å²) in [5.41, 5.74) is 0. The van der Waals surface area contributed by atoms with Gasteiger partial charge in [-0.15, -0.1) is 0 Å². The summed E-state index contributed by atoms with van der Waals surface area (Å²) in [5.74, 6) is 0. The van der Waals surface area contributed by atoms with Gasteiger partial charge in [0.05, 0.1) is 0 Å². The maximum Gasteiger partial charge on any atom is 0 e. The average molecular weight is 496 g/mol. The molecule has 0 saturated heterocycles. The fourth-order valence-electron chi connectivity index (χ4n) is 0. The average Bonchev–Trinajstić information content (AvgIpc) is 0. The third-order valence-electron chi connectivity index (χ3n) is 0. The van der Waals surface area contributed by atoms with Gasteiger partial charge in [0, 0.05) is 127 Å². The van der Waals surface area contributed by atoms with Gasteiger partial charge in [0.2, 0.25) is 0 Å². The Morgan fingerprint density at radius 1 is 0.500 bits per heavy atom. The molecule has 4 heteroatoms. The van der Waals surface area contributed by atoms with Crippen LogP contribution in [0.4, 0.5) is 0 Å². The first kappa shape index (κ1) is 24.1. The van der Waals surface area contributed by atoms with Gasteiger partial charge < -0.3 is 0 Å². The zero-order valence-electron chi connectivity index (χ0n) is 2.11. The van der Waals surface area contributed by atoms with Gasteiger partial charge in [-0.3, -0.25) is 0 Å². The summed E-state index contributed by atoms with van der Waals surface area (Å²) < 4.78 is 0. The molecule has 0 heterocycles. The maximum absolute atomic E-state index is 0. The minimum absolute atomic E-state index is 0. The standard InChI is InChI=1S/Eu.3In. The Hall–Kier alpha value is 4.19. The molecule has 0 aromatic heterocycles. The Bertz CT molecular complexity index is 3.25. The monoisotopic (exact) mass is 498 g/mol. The topological polar surface area (TPSA) is 0 Å². The van der Waals surface area contributed by atoms with Crippen molar-refractivity contribution in [3.05, 3.63) is 0 Å². The first-order valence-corrected chi connectivity index (χ1v) is 0. The molecule has 0 aliphatic carbocycles. The Balaban J connectivity index is 0. The minimum Gasteiger partial charge on any atom is 0 e. The Morgan fingerprint density at radius 2 is 0.500 bits per heavy atom. The van der Waals surface area contributed by atoms with Crippen LogP contribution >= 0.6 is 0 Å². The summed E-state index contributed by atoms with van der Waals surface area (Å²) in [4.78, 5) is 0. The summed E-state index contributed by atoms with van der Waals surface area (Å²) in [5, 5.41) is 0. The molecular formula is EuIn3. The number of hydrogen-bond acceptors (Lipinski definition) is 0. The van der Waals surface area contributed by atoms with Crippen molar-refractivity contribution in [2.45, 2.75) is 0 Å². The SMILES string of the molecule is [Eu].[In].[In].[In]. The molecule has 0 N–H and O–H groups in total. The molecule has 10 radical (unpaired) electrons. The van der Waals surface area contributed by atoms with Crippen LogP contribution in [-0.2, 0) is 0 Å². The molecule has 0 aliphatic heterocycles. The summed E-state index contributed by atoms with van der Waals surface area (Å²) in [6.45, 7) is 0. The Labute approximate surface area is 123 Å². The van der Waals surface area contributed by atoms with E-state index in [1.165, 1.54) is 0 Å². The Morgan fingerprint density at radius 3 is 0.500 bits per heavy atom. The van der Waals surface area contributed by atoms with E-state index in [0.717, 1.165) is 0 Å². The van der Waals surface area contributed by atoms with Crippen LogP contribution in [-0.4, -0.2) is 77.5 Å². The van der Waals surface area contributed by atoms with Gasteiger partial charge in [0.1, 0.15) is 0 Å². The number of hydrogen-bond donors (Lipinski definition) is 0. The largest absolute Gasteiger partial charge is 0 e. The number of rotatable bonds is 0. The van der Waals surface area contributed by atoms with Crippen molar-refractivity contribution in [1.29, 1.82) is 0 Å². The smallest absolute Gasteiger partial charge is 0 e. The summed E-state index contributed by atoms with van der Waals surface area (Å²) >= 11 is 0. The van der Waals surface area contributed by atoms with Crippen LogP contribution in [0.25, 0.3) is 0 Å². The van der Waals surface area contributed by atoms with E-state index in [1.807, 2.05) is 0 Å². The van der Waals surface area contributed by atoms with Crippen molar-refractivity contribution < 1.29 is 49.4 Å². The molecule has 0 unspecified atom stereocenters. The van der Waals surface area contributed by atoms with E-state index < -0.39 is 0 Å². The molecule has 0 bridgehead atoms. The van der Waals surface area contributed by atoms with Crippen LogP contribution in [0.5, 0.6) is 0 Å². The zero-order valence-corrected chi connectivity index (χ0v) is 14.4. The fraction of sp³-hybridized carbons (Fsp3) is 0. The van der Waals surface area contributed by atoms with E-state index in [1.54, 1.807) is 0 Å². The second kappa shape index (κ2) is 15.7. The third-order valence-corrected chi connectivity index (χ3v) is 0. The van der Waals surface area contributed by atoms with E-state index in [4.69, 9.17) is 0 Å². The third kappa shape index (κ3) is 9.50. The summed E-state index contributed by atoms with van der Waals surface area (Å²) in [6, 6.07) is 0.